The van der Waals surface area contributed by atoms with E-state index in [9.17, 15) is 9.59 Å². The molecule has 8 heteroatoms. The van der Waals surface area contributed by atoms with E-state index in [2.05, 4.69) is 52.6 Å². The number of hydrogen-bond donors (Lipinski definition) is 2. The minimum atomic E-state index is -0.721. The minimum absolute atomic E-state index is 0.0574. The second-order valence-corrected chi connectivity index (χ2v) is 13.8. The van der Waals surface area contributed by atoms with Crippen molar-refractivity contribution < 1.29 is 14.7 Å². The van der Waals surface area contributed by atoms with Crippen molar-refractivity contribution in [2.24, 2.45) is 5.41 Å². The van der Waals surface area contributed by atoms with E-state index in [1.807, 2.05) is 38.1 Å². The van der Waals surface area contributed by atoms with Gasteiger partial charge in [0.25, 0.3) is 5.91 Å². The third kappa shape index (κ3) is 11.8. The molecule has 6 nitrogen and oxygen atoms in total. The molecule has 1 aliphatic heterocycles. The number of halogens is 1. The van der Waals surface area contributed by atoms with E-state index in [0.717, 1.165) is 88.4 Å². The first-order valence-corrected chi connectivity index (χ1v) is 17.7. The highest BCUT2D eigenvalue weighted by molar-refractivity contribution is 7.97. The van der Waals surface area contributed by atoms with Crippen LogP contribution in [-0.2, 0) is 4.79 Å². The number of aliphatic carboxylic acids is 1. The molecular formula is C36H52ClN3O3S. The SMILES string of the molecule is CC.CC1(C)CCC(c2ccc(Cl)cc2)=C(CN2CCN(c3ccc(C(=O)NSCCCCCCCC(=O)O)cc3)CC2)C1. The molecule has 0 spiro atoms. The lowest BCUT2D eigenvalue weighted by Crippen LogP contribution is -2.47. The van der Waals surface area contributed by atoms with E-state index >= 15 is 0 Å². The Labute approximate surface area is 274 Å². The fourth-order valence-corrected chi connectivity index (χ4v) is 6.80. The molecule has 44 heavy (non-hydrogen) atoms. The molecule has 1 saturated heterocycles. The van der Waals surface area contributed by atoms with Crippen LogP contribution in [0.25, 0.3) is 5.57 Å². The van der Waals surface area contributed by atoms with Crippen LogP contribution in [0.4, 0.5) is 5.69 Å². The molecule has 2 N–H and O–H groups in total. The largest absolute Gasteiger partial charge is 0.481 e. The third-order valence-corrected chi connectivity index (χ3v) is 9.52. The van der Waals surface area contributed by atoms with Gasteiger partial charge in [-0.15, -0.1) is 0 Å². The van der Waals surface area contributed by atoms with Crippen molar-refractivity contribution in [3.63, 3.8) is 0 Å². The highest BCUT2D eigenvalue weighted by atomic mass is 35.5. The van der Waals surface area contributed by atoms with E-state index < -0.39 is 5.97 Å². The molecule has 1 heterocycles. The highest BCUT2D eigenvalue weighted by Gasteiger charge is 2.29. The van der Waals surface area contributed by atoms with Gasteiger partial charge >= 0.3 is 5.97 Å². The van der Waals surface area contributed by atoms with Crippen LogP contribution in [0, 0.1) is 5.41 Å². The van der Waals surface area contributed by atoms with Crippen LogP contribution in [0.2, 0.25) is 5.02 Å². The number of carbonyl (C=O) groups is 2. The smallest absolute Gasteiger partial charge is 0.303 e. The van der Waals surface area contributed by atoms with Crippen LogP contribution in [-0.4, -0.2) is 60.4 Å². The van der Waals surface area contributed by atoms with Gasteiger partial charge in [-0.1, -0.05) is 88.2 Å². The van der Waals surface area contributed by atoms with E-state index in [1.54, 1.807) is 5.57 Å². The lowest BCUT2D eigenvalue weighted by molar-refractivity contribution is -0.137. The van der Waals surface area contributed by atoms with Gasteiger partial charge in [-0.2, -0.15) is 0 Å². The molecule has 1 aliphatic carbocycles. The number of carboxylic acids is 1. The Bertz CT molecular complexity index is 1210. The van der Waals surface area contributed by atoms with Crippen LogP contribution in [0.5, 0.6) is 0 Å². The zero-order chi connectivity index (χ0) is 32.0. The first-order chi connectivity index (χ1) is 21.2. The van der Waals surface area contributed by atoms with Crippen molar-refractivity contribution in [2.75, 3.05) is 43.4 Å². The first kappa shape index (κ1) is 36.0. The molecule has 0 aromatic heterocycles. The summed E-state index contributed by atoms with van der Waals surface area (Å²) in [6, 6.07) is 16.3. The van der Waals surface area contributed by atoms with Gasteiger partial charge in [0.2, 0.25) is 0 Å². The minimum Gasteiger partial charge on any atom is -0.481 e. The van der Waals surface area contributed by atoms with Gasteiger partial charge in [0, 0.05) is 61.2 Å². The van der Waals surface area contributed by atoms with Crippen LogP contribution in [0.15, 0.2) is 54.1 Å². The molecule has 0 atom stereocenters. The van der Waals surface area contributed by atoms with Crippen molar-refractivity contribution in [1.29, 1.82) is 0 Å². The van der Waals surface area contributed by atoms with Crippen LogP contribution >= 0.6 is 23.5 Å². The standard InChI is InChI=1S/C34H46ClN3O3S.C2H6/c1-34(2)18-17-31(26-9-13-29(35)14-10-26)28(24-34)25-37-19-21-38(22-20-37)30-15-11-27(12-16-30)33(41)36-42-23-7-5-3-4-6-8-32(39)40;1-2/h9-16H,3-8,17-25H2,1-2H3,(H,36,41)(H,39,40);1-2H3. The third-order valence-electron chi connectivity index (χ3n) is 8.45. The number of nitrogens with one attached hydrogen (secondary N) is 1. The molecule has 0 saturated carbocycles. The summed E-state index contributed by atoms with van der Waals surface area (Å²) in [5.74, 6) is 0.0848. The van der Waals surface area contributed by atoms with E-state index in [0.29, 0.717) is 11.0 Å². The normalized spacial score (nSPS) is 16.7. The summed E-state index contributed by atoms with van der Waals surface area (Å²) < 4.78 is 2.95. The van der Waals surface area contributed by atoms with Gasteiger partial charge < -0.3 is 10.0 Å². The predicted molar refractivity (Wildman–Crippen MR) is 188 cm³/mol. The van der Waals surface area contributed by atoms with Crippen molar-refractivity contribution in [2.45, 2.75) is 85.5 Å². The van der Waals surface area contributed by atoms with Gasteiger partial charge in [-0.25, -0.2) is 0 Å². The van der Waals surface area contributed by atoms with Gasteiger partial charge in [-0.05, 0) is 85.1 Å². The summed E-state index contributed by atoms with van der Waals surface area (Å²) in [5.41, 5.74) is 6.58. The maximum atomic E-state index is 12.6. The molecule has 2 aliphatic rings. The molecule has 242 valence electrons. The maximum Gasteiger partial charge on any atom is 0.303 e. The molecule has 1 amide bonds. The highest BCUT2D eigenvalue weighted by Crippen LogP contribution is 2.42. The monoisotopic (exact) mass is 641 g/mol. The average molecular weight is 642 g/mol. The van der Waals surface area contributed by atoms with Gasteiger partial charge in [0.1, 0.15) is 0 Å². The van der Waals surface area contributed by atoms with Gasteiger partial charge in [0.05, 0.1) is 0 Å². The molecule has 2 aromatic carbocycles. The number of benzene rings is 2. The number of rotatable bonds is 14. The maximum absolute atomic E-state index is 12.6. The quantitative estimate of drug-likeness (QED) is 0.158. The van der Waals surface area contributed by atoms with Crippen molar-refractivity contribution >= 4 is 46.7 Å². The van der Waals surface area contributed by atoms with Crippen molar-refractivity contribution in [1.82, 2.24) is 9.62 Å². The fraction of sp³-hybridized carbons (Fsp3) is 0.556. The molecule has 0 unspecified atom stereocenters. The molecule has 0 radical (unpaired) electrons. The summed E-state index contributed by atoms with van der Waals surface area (Å²) in [6.45, 7) is 13.8. The molecule has 2 aromatic rings. The number of nitrogens with zero attached hydrogens (tertiary/aromatic N) is 2. The number of carbonyl (C=O) groups excluding carboxylic acids is 1. The summed E-state index contributed by atoms with van der Waals surface area (Å²) >= 11 is 7.62. The summed E-state index contributed by atoms with van der Waals surface area (Å²) in [5, 5.41) is 9.47. The molecule has 1 fully saturated rings. The Morgan fingerprint density at radius 3 is 2.20 bits per heavy atom. The zero-order valence-electron chi connectivity index (χ0n) is 27.2. The summed E-state index contributed by atoms with van der Waals surface area (Å²) in [4.78, 5) is 28.1. The lowest BCUT2D eigenvalue weighted by atomic mass is 9.73. The molecule has 0 bridgehead atoms. The van der Waals surface area contributed by atoms with E-state index in [-0.39, 0.29) is 12.3 Å². The Balaban J connectivity index is 0.00000259. The molecular weight excluding hydrogens is 590 g/mol. The van der Waals surface area contributed by atoms with Crippen molar-refractivity contribution in [3.8, 4) is 0 Å². The van der Waals surface area contributed by atoms with Crippen LogP contribution in [0.1, 0.15) is 101 Å². The topological polar surface area (TPSA) is 72.9 Å². The number of allylic oxidation sites excluding steroid dienone is 1. The Hall–Kier alpha value is -2.48. The van der Waals surface area contributed by atoms with Gasteiger partial charge in [0.15, 0.2) is 0 Å². The van der Waals surface area contributed by atoms with Crippen LogP contribution in [0.3, 0.4) is 0 Å². The van der Waals surface area contributed by atoms with E-state index in [1.165, 1.54) is 35.2 Å². The lowest BCUT2D eigenvalue weighted by Gasteiger charge is -2.39. The summed E-state index contributed by atoms with van der Waals surface area (Å²) in [7, 11) is 0. The molecule has 4 rings (SSSR count). The Morgan fingerprint density at radius 2 is 1.55 bits per heavy atom. The number of amides is 1. The second-order valence-electron chi connectivity index (χ2n) is 12.4. The second kappa shape index (κ2) is 18.5. The first-order valence-electron chi connectivity index (χ1n) is 16.4. The Kier molecular flexibility index (Phi) is 15.1. The number of hydrogen-bond acceptors (Lipinski definition) is 5. The summed E-state index contributed by atoms with van der Waals surface area (Å²) in [6.07, 6.45) is 8.54. The predicted octanol–water partition coefficient (Wildman–Crippen LogP) is 8.96. The van der Waals surface area contributed by atoms with Crippen molar-refractivity contribution in [3.05, 3.63) is 70.3 Å². The Morgan fingerprint density at radius 1 is 0.909 bits per heavy atom. The fourth-order valence-electron chi connectivity index (χ4n) is 5.98. The number of piperazine rings is 1. The average Bonchev–Trinajstić information content (AvgIpc) is 3.02. The van der Waals surface area contributed by atoms with E-state index in [4.69, 9.17) is 16.7 Å². The number of anilines is 1. The van der Waals surface area contributed by atoms with Crippen LogP contribution < -0.4 is 9.62 Å². The zero-order valence-corrected chi connectivity index (χ0v) is 28.7. The van der Waals surface area contributed by atoms with Gasteiger partial charge in [-0.3, -0.25) is 19.2 Å². The number of carboxylic acid groups (broad SMARTS) is 1. The number of unbranched alkanes of at least 4 members (excludes halogenated alkanes) is 4.